The summed E-state index contributed by atoms with van der Waals surface area (Å²) >= 11 is 2.95. The Morgan fingerprint density at radius 1 is 1.32 bits per heavy atom. The minimum Gasteiger partial charge on any atom is -0.344 e. The minimum absolute atomic E-state index is 0.0677. The van der Waals surface area contributed by atoms with Crippen LogP contribution in [0.15, 0.2) is 40.1 Å². The van der Waals surface area contributed by atoms with Gasteiger partial charge >= 0.3 is 0 Å². The molecule has 0 radical (unpaired) electrons. The van der Waals surface area contributed by atoms with Crippen molar-refractivity contribution in [2.75, 3.05) is 0 Å². The van der Waals surface area contributed by atoms with Gasteiger partial charge in [0.2, 0.25) is 0 Å². The van der Waals surface area contributed by atoms with Gasteiger partial charge in [-0.2, -0.15) is 0 Å². The summed E-state index contributed by atoms with van der Waals surface area (Å²) in [5.74, 6) is -0.159. The quantitative estimate of drug-likeness (QED) is 0.798. The van der Waals surface area contributed by atoms with Crippen molar-refractivity contribution in [3.63, 3.8) is 0 Å². The summed E-state index contributed by atoms with van der Waals surface area (Å²) in [6, 6.07) is 3.83. The Labute approximate surface area is 135 Å². The smallest absolute Gasteiger partial charge is 0.271 e. The maximum atomic E-state index is 12.5. The zero-order valence-electron chi connectivity index (χ0n) is 12.1. The van der Waals surface area contributed by atoms with Gasteiger partial charge in [0.05, 0.1) is 6.04 Å². The fraction of sp³-hybridized carbons (Fsp3) is 0.267. The first-order valence-corrected chi connectivity index (χ1v) is 8.63. The SMILES string of the molecule is CC(C)C(NC(=O)c1cnc2sccn2c1=O)c1cccs1. The molecule has 0 aliphatic rings. The van der Waals surface area contributed by atoms with Crippen LogP contribution in [0.25, 0.3) is 4.96 Å². The Balaban J connectivity index is 1.92. The highest BCUT2D eigenvalue weighted by Gasteiger charge is 2.22. The molecule has 5 nitrogen and oxygen atoms in total. The molecule has 1 unspecified atom stereocenters. The van der Waals surface area contributed by atoms with E-state index >= 15 is 0 Å². The molecule has 0 aromatic carbocycles. The van der Waals surface area contributed by atoms with E-state index in [1.54, 1.807) is 22.9 Å². The number of rotatable bonds is 4. The van der Waals surface area contributed by atoms with E-state index in [0.717, 1.165) is 4.88 Å². The molecule has 7 heteroatoms. The second kappa shape index (κ2) is 6.02. The topological polar surface area (TPSA) is 63.5 Å². The number of aromatic nitrogens is 2. The highest BCUT2D eigenvalue weighted by molar-refractivity contribution is 7.15. The summed E-state index contributed by atoms with van der Waals surface area (Å²) in [7, 11) is 0. The number of nitrogens with zero attached hydrogens (tertiary/aromatic N) is 2. The molecule has 1 amide bonds. The van der Waals surface area contributed by atoms with E-state index in [2.05, 4.69) is 10.3 Å². The third-order valence-electron chi connectivity index (χ3n) is 3.39. The lowest BCUT2D eigenvalue weighted by atomic mass is 10.0. The molecule has 3 aromatic rings. The van der Waals surface area contributed by atoms with Crippen LogP contribution in [0.2, 0.25) is 0 Å². The average molecular weight is 333 g/mol. The molecule has 22 heavy (non-hydrogen) atoms. The van der Waals surface area contributed by atoms with Gasteiger partial charge in [-0.3, -0.25) is 14.0 Å². The Bertz CT molecular complexity index is 849. The number of amides is 1. The molecule has 3 aromatic heterocycles. The van der Waals surface area contributed by atoms with Gasteiger partial charge in [-0.05, 0) is 17.4 Å². The van der Waals surface area contributed by atoms with Gasteiger partial charge in [0.15, 0.2) is 4.96 Å². The number of fused-ring (bicyclic) bond motifs is 1. The molecular formula is C15H15N3O2S2. The molecule has 0 saturated heterocycles. The van der Waals surface area contributed by atoms with Gasteiger partial charge in [0, 0.05) is 22.7 Å². The lowest BCUT2D eigenvalue weighted by Crippen LogP contribution is -2.35. The van der Waals surface area contributed by atoms with Crippen molar-refractivity contribution in [2.45, 2.75) is 19.9 Å². The van der Waals surface area contributed by atoms with Gasteiger partial charge in [0.25, 0.3) is 11.5 Å². The summed E-state index contributed by atoms with van der Waals surface area (Å²) < 4.78 is 1.40. The van der Waals surface area contributed by atoms with E-state index in [1.165, 1.54) is 21.9 Å². The number of hydrogen-bond donors (Lipinski definition) is 1. The van der Waals surface area contributed by atoms with Gasteiger partial charge in [-0.1, -0.05) is 19.9 Å². The molecule has 3 heterocycles. The number of carbonyl (C=O) groups is 1. The molecule has 1 atom stereocenters. The van der Waals surface area contributed by atoms with Crippen molar-refractivity contribution in [1.82, 2.24) is 14.7 Å². The highest BCUT2D eigenvalue weighted by atomic mass is 32.1. The predicted octanol–water partition coefficient (Wildman–Crippen LogP) is 2.94. The summed E-state index contributed by atoms with van der Waals surface area (Å²) in [6.45, 7) is 4.08. The molecule has 0 bridgehead atoms. The first-order valence-electron chi connectivity index (χ1n) is 6.87. The summed E-state index contributed by atoms with van der Waals surface area (Å²) in [4.78, 5) is 30.6. The van der Waals surface area contributed by atoms with E-state index < -0.39 is 0 Å². The number of carbonyl (C=O) groups excluding carboxylic acids is 1. The van der Waals surface area contributed by atoms with E-state index in [9.17, 15) is 9.59 Å². The van der Waals surface area contributed by atoms with Crippen LogP contribution >= 0.6 is 22.7 Å². The predicted molar refractivity (Wildman–Crippen MR) is 88.7 cm³/mol. The van der Waals surface area contributed by atoms with Crippen molar-refractivity contribution >= 4 is 33.5 Å². The number of thiophene rings is 1. The Kier molecular flexibility index (Phi) is 4.08. The van der Waals surface area contributed by atoms with Crippen LogP contribution in [0.1, 0.15) is 35.1 Å². The molecule has 0 spiro atoms. The number of hydrogen-bond acceptors (Lipinski definition) is 5. The third kappa shape index (κ3) is 2.69. The molecule has 3 rings (SSSR count). The standard InChI is InChI=1S/C15H15N3O2S2/c1-9(2)12(11-4-3-6-21-11)17-13(19)10-8-16-15-18(14(10)20)5-7-22-15/h3-9,12H,1-2H3,(H,17,19). The zero-order valence-corrected chi connectivity index (χ0v) is 13.8. The summed E-state index contributed by atoms with van der Waals surface area (Å²) in [6.07, 6.45) is 2.99. The second-order valence-corrected chi connectivity index (χ2v) is 7.10. The Morgan fingerprint density at radius 2 is 2.14 bits per heavy atom. The number of nitrogens with one attached hydrogen (secondary N) is 1. The van der Waals surface area contributed by atoms with Crippen molar-refractivity contribution in [3.8, 4) is 0 Å². The minimum atomic E-state index is -0.384. The van der Waals surface area contributed by atoms with E-state index in [0.29, 0.717) is 4.96 Å². The molecule has 0 aliphatic heterocycles. The van der Waals surface area contributed by atoms with Crippen molar-refractivity contribution in [1.29, 1.82) is 0 Å². The zero-order chi connectivity index (χ0) is 15.7. The highest BCUT2D eigenvalue weighted by Crippen LogP contribution is 2.25. The number of thiazole rings is 1. The molecule has 0 fully saturated rings. The van der Waals surface area contributed by atoms with Crippen LogP contribution in [0, 0.1) is 5.92 Å². The summed E-state index contributed by atoms with van der Waals surface area (Å²) in [5.41, 5.74) is -0.268. The van der Waals surface area contributed by atoms with Crippen LogP contribution in [0.5, 0.6) is 0 Å². The Morgan fingerprint density at radius 3 is 2.82 bits per heavy atom. The Hall–Kier alpha value is -1.99. The van der Waals surface area contributed by atoms with Crippen LogP contribution < -0.4 is 10.9 Å². The third-order valence-corrected chi connectivity index (χ3v) is 5.12. The largest absolute Gasteiger partial charge is 0.344 e. The normalized spacial score (nSPS) is 12.7. The van der Waals surface area contributed by atoms with Gasteiger partial charge in [-0.25, -0.2) is 4.98 Å². The first-order chi connectivity index (χ1) is 10.6. The molecule has 0 saturated carbocycles. The van der Waals surface area contributed by atoms with Gasteiger partial charge in [-0.15, -0.1) is 22.7 Å². The summed E-state index contributed by atoms with van der Waals surface area (Å²) in [5, 5.41) is 6.70. The van der Waals surface area contributed by atoms with Gasteiger partial charge in [0.1, 0.15) is 5.56 Å². The lowest BCUT2D eigenvalue weighted by molar-refractivity contribution is 0.0924. The molecular weight excluding hydrogens is 318 g/mol. The monoisotopic (exact) mass is 333 g/mol. The van der Waals surface area contributed by atoms with E-state index in [4.69, 9.17) is 0 Å². The second-order valence-electron chi connectivity index (χ2n) is 5.24. The average Bonchev–Trinajstić information content (AvgIpc) is 3.15. The van der Waals surface area contributed by atoms with Crippen molar-refractivity contribution < 1.29 is 4.79 Å². The fourth-order valence-corrected chi connectivity index (χ4v) is 3.86. The van der Waals surface area contributed by atoms with E-state index in [-0.39, 0.29) is 29.0 Å². The fourth-order valence-electron chi connectivity index (χ4n) is 2.23. The van der Waals surface area contributed by atoms with Crippen LogP contribution in [-0.4, -0.2) is 15.3 Å². The van der Waals surface area contributed by atoms with E-state index in [1.807, 2.05) is 31.4 Å². The van der Waals surface area contributed by atoms with Crippen LogP contribution in [0.4, 0.5) is 0 Å². The van der Waals surface area contributed by atoms with Gasteiger partial charge < -0.3 is 5.32 Å². The molecule has 1 N–H and O–H groups in total. The maximum absolute atomic E-state index is 12.5. The maximum Gasteiger partial charge on any atom is 0.271 e. The molecule has 0 aliphatic carbocycles. The van der Waals surface area contributed by atoms with Crippen LogP contribution in [0.3, 0.4) is 0 Å². The van der Waals surface area contributed by atoms with Crippen molar-refractivity contribution in [3.05, 3.63) is 56.1 Å². The first kappa shape index (κ1) is 14.9. The lowest BCUT2D eigenvalue weighted by Gasteiger charge is -2.21. The van der Waals surface area contributed by atoms with Crippen LogP contribution in [-0.2, 0) is 0 Å². The molecule has 114 valence electrons. The van der Waals surface area contributed by atoms with Crippen molar-refractivity contribution in [2.24, 2.45) is 5.92 Å².